The maximum Gasteiger partial charge on any atom is 0.414 e. The van der Waals surface area contributed by atoms with Gasteiger partial charge in [0.25, 0.3) is 0 Å². The van der Waals surface area contributed by atoms with Crippen LogP contribution in [-0.2, 0) is 25.7 Å². The van der Waals surface area contributed by atoms with E-state index in [1.54, 1.807) is 11.3 Å². The Balaban J connectivity index is 0.000000501. The number of aromatic nitrogens is 2. The van der Waals surface area contributed by atoms with Gasteiger partial charge in [-0.25, -0.2) is 14.6 Å². The summed E-state index contributed by atoms with van der Waals surface area (Å²) in [6.07, 6.45) is 1.47. The first-order chi connectivity index (χ1) is 14.4. The molecule has 0 aliphatic heterocycles. The number of para-hydroxylation sites is 1. The molecule has 1 unspecified atom stereocenters. The van der Waals surface area contributed by atoms with Crippen molar-refractivity contribution >= 4 is 44.4 Å². The van der Waals surface area contributed by atoms with E-state index in [9.17, 15) is 4.79 Å². The number of benzene rings is 1. The summed E-state index contributed by atoms with van der Waals surface area (Å²) in [7, 11) is 0. The maximum atomic E-state index is 12.2. The van der Waals surface area contributed by atoms with Crippen molar-refractivity contribution in [2.75, 3.05) is 0 Å². The first-order valence-electron chi connectivity index (χ1n) is 9.86. The van der Waals surface area contributed by atoms with Crippen LogP contribution in [-0.4, -0.2) is 37.5 Å². The van der Waals surface area contributed by atoms with Crippen molar-refractivity contribution in [1.29, 1.82) is 0 Å². The van der Waals surface area contributed by atoms with E-state index in [-0.39, 0.29) is 18.0 Å². The third kappa shape index (κ3) is 6.78. The van der Waals surface area contributed by atoms with Crippen molar-refractivity contribution in [2.24, 2.45) is 11.3 Å². The summed E-state index contributed by atoms with van der Waals surface area (Å²) < 4.78 is 8.89. The number of hydrogen-bond donors (Lipinski definition) is 2. The van der Waals surface area contributed by atoms with Gasteiger partial charge in [0.2, 0.25) is 0 Å². The molecule has 0 radical (unpaired) electrons. The molecule has 0 amide bonds. The smallest absolute Gasteiger partial charge is 0.414 e. The van der Waals surface area contributed by atoms with Gasteiger partial charge in [0, 0.05) is 6.42 Å². The lowest BCUT2D eigenvalue weighted by molar-refractivity contribution is -0.159. The number of aryl methyl sites for hydroxylation is 1. The van der Waals surface area contributed by atoms with Crippen molar-refractivity contribution in [2.45, 2.75) is 54.1 Å². The molecule has 0 bridgehead atoms. The normalized spacial score (nSPS) is 12.3. The highest BCUT2D eigenvalue weighted by Gasteiger charge is 2.20. The molecule has 3 aromatic rings. The Morgan fingerprint density at radius 1 is 1.16 bits per heavy atom. The van der Waals surface area contributed by atoms with Crippen LogP contribution in [0.2, 0.25) is 0 Å². The standard InChI is InChI=1S/C20H26N2O2S.C2H2O4/c1-13(11-20(3,4)5)10-18(23)24-12-16-14(2)21-19-22(16)15-8-6-7-9-17(15)25-19;3-1(4)2(5)6/h6-9,13H,10-12H2,1-5H3;(H,3,4)(H,5,6). The lowest BCUT2D eigenvalue weighted by Crippen LogP contribution is -2.16. The van der Waals surface area contributed by atoms with E-state index in [0.29, 0.717) is 12.3 Å². The third-order valence-electron chi connectivity index (χ3n) is 4.48. The fourth-order valence-corrected chi connectivity index (χ4v) is 4.55. The number of carboxylic acids is 2. The molecule has 31 heavy (non-hydrogen) atoms. The average Bonchev–Trinajstić information content (AvgIpc) is 3.13. The Bertz CT molecular complexity index is 1080. The highest BCUT2D eigenvalue weighted by Crippen LogP contribution is 2.29. The number of ether oxygens (including phenoxy) is 1. The zero-order valence-corrected chi connectivity index (χ0v) is 19.2. The molecule has 0 aliphatic rings. The van der Waals surface area contributed by atoms with Crippen LogP contribution in [0.15, 0.2) is 24.3 Å². The summed E-state index contributed by atoms with van der Waals surface area (Å²) in [6.45, 7) is 10.9. The summed E-state index contributed by atoms with van der Waals surface area (Å²) in [4.78, 5) is 36.0. The van der Waals surface area contributed by atoms with Crippen LogP contribution in [0.25, 0.3) is 15.2 Å². The summed E-state index contributed by atoms with van der Waals surface area (Å²) in [5, 5.41) is 14.8. The van der Waals surface area contributed by atoms with Crippen LogP contribution in [0.5, 0.6) is 0 Å². The highest BCUT2D eigenvalue weighted by molar-refractivity contribution is 7.23. The summed E-state index contributed by atoms with van der Waals surface area (Å²) >= 11 is 1.66. The molecule has 168 valence electrons. The molecule has 0 aliphatic carbocycles. The quantitative estimate of drug-likeness (QED) is 0.435. The van der Waals surface area contributed by atoms with Gasteiger partial charge >= 0.3 is 17.9 Å². The molecule has 0 fully saturated rings. The van der Waals surface area contributed by atoms with Crippen molar-refractivity contribution in [3.05, 3.63) is 35.7 Å². The minimum Gasteiger partial charge on any atom is -0.473 e. The zero-order valence-electron chi connectivity index (χ0n) is 18.3. The zero-order chi connectivity index (χ0) is 23.3. The predicted molar refractivity (Wildman–Crippen MR) is 118 cm³/mol. The van der Waals surface area contributed by atoms with Crippen LogP contribution in [0.3, 0.4) is 0 Å². The van der Waals surface area contributed by atoms with Crippen molar-refractivity contribution in [3.63, 3.8) is 0 Å². The van der Waals surface area contributed by atoms with Gasteiger partial charge in [-0.15, -0.1) is 0 Å². The molecule has 2 heterocycles. The molecule has 1 atom stereocenters. The number of esters is 1. The summed E-state index contributed by atoms with van der Waals surface area (Å²) in [5.74, 6) is -3.46. The molecule has 3 rings (SSSR count). The van der Waals surface area contributed by atoms with E-state index in [0.717, 1.165) is 28.3 Å². The average molecular weight is 449 g/mol. The number of carbonyl (C=O) groups excluding carboxylic acids is 1. The Labute approximate surface area is 184 Å². The lowest BCUT2D eigenvalue weighted by atomic mass is 9.84. The van der Waals surface area contributed by atoms with E-state index in [2.05, 4.69) is 49.2 Å². The molecule has 0 saturated carbocycles. The minimum absolute atomic E-state index is 0.134. The van der Waals surface area contributed by atoms with E-state index in [1.807, 2.05) is 19.1 Å². The molecule has 8 nitrogen and oxygen atoms in total. The Hall–Kier alpha value is -2.94. The molecule has 2 aromatic heterocycles. The second kappa shape index (κ2) is 9.91. The Morgan fingerprint density at radius 2 is 1.77 bits per heavy atom. The minimum atomic E-state index is -1.82. The van der Waals surface area contributed by atoms with Crippen LogP contribution >= 0.6 is 11.3 Å². The van der Waals surface area contributed by atoms with Gasteiger partial charge < -0.3 is 14.9 Å². The lowest BCUT2D eigenvalue weighted by Gasteiger charge is -2.22. The highest BCUT2D eigenvalue weighted by atomic mass is 32.1. The van der Waals surface area contributed by atoms with Crippen molar-refractivity contribution < 1.29 is 29.3 Å². The molecule has 1 aromatic carbocycles. The van der Waals surface area contributed by atoms with E-state index in [1.165, 1.54) is 4.70 Å². The van der Waals surface area contributed by atoms with Crippen LogP contribution < -0.4 is 0 Å². The third-order valence-corrected chi connectivity index (χ3v) is 5.50. The number of carbonyl (C=O) groups is 3. The van der Waals surface area contributed by atoms with Gasteiger partial charge in [-0.1, -0.05) is 51.2 Å². The van der Waals surface area contributed by atoms with Gasteiger partial charge in [0.1, 0.15) is 6.61 Å². The van der Waals surface area contributed by atoms with Gasteiger partial charge in [-0.2, -0.15) is 0 Å². The second-order valence-electron chi connectivity index (χ2n) is 8.68. The number of aliphatic carboxylic acids is 2. The largest absolute Gasteiger partial charge is 0.473 e. The topological polar surface area (TPSA) is 118 Å². The van der Waals surface area contributed by atoms with Gasteiger partial charge in [0.15, 0.2) is 4.96 Å². The number of imidazole rings is 1. The first kappa shape index (κ1) is 24.3. The fourth-order valence-electron chi connectivity index (χ4n) is 3.46. The predicted octanol–water partition coefficient (Wildman–Crippen LogP) is 4.52. The second-order valence-corrected chi connectivity index (χ2v) is 9.69. The van der Waals surface area contributed by atoms with Crippen LogP contribution in [0.1, 0.15) is 51.9 Å². The number of rotatable bonds is 5. The molecule has 2 N–H and O–H groups in total. The molecular formula is C22H28N2O6S. The first-order valence-corrected chi connectivity index (χ1v) is 10.7. The number of hydrogen-bond acceptors (Lipinski definition) is 6. The summed E-state index contributed by atoms with van der Waals surface area (Å²) in [6, 6.07) is 8.22. The fraction of sp³-hybridized carbons (Fsp3) is 0.455. The maximum absolute atomic E-state index is 12.2. The molecular weight excluding hydrogens is 420 g/mol. The number of nitrogens with zero attached hydrogens (tertiary/aromatic N) is 2. The van der Waals surface area contributed by atoms with E-state index in [4.69, 9.17) is 24.5 Å². The molecule has 0 spiro atoms. The van der Waals surface area contributed by atoms with Gasteiger partial charge in [-0.05, 0) is 36.8 Å². The van der Waals surface area contributed by atoms with E-state index < -0.39 is 11.9 Å². The number of fused-ring (bicyclic) bond motifs is 3. The number of thiazole rings is 1. The Morgan fingerprint density at radius 3 is 2.35 bits per heavy atom. The monoisotopic (exact) mass is 448 g/mol. The van der Waals surface area contributed by atoms with Crippen LogP contribution in [0, 0.1) is 18.3 Å². The Kier molecular flexibility index (Phi) is 7.78. The molecule has 9 heteroatoms. The van der Waals surface area contributed by atoms with Crippen molar-refractivity contribution in [3.8, 4) is 0 Å². The SMILES string of the molecule is Cc1nc2sc3ccccc3n2c1COC(=O)CC(C)CC(C)(C)C.O=C(O)C(=O)O. The van der Waals surface area contributed by atoms with Crippen molar-refractivity contribution in [1.82, 2.24) is 9.38 Å². The van der Waals surface area contributed by atoms with Crippen LogP contribution in [0.4, 0.5) is 0 Å². The number of carboxylic acid groups (broad SMARTS) is 2. The van der Waals surface area contributed by atoms with E-state index >= 15 is 0 Å². The van der Waals surface area contributed by atoms with Gasteiger partial charge in [0.05, 0.1) is 21.6 Å². The molecule has 0 saturated heterocycles. The summed E-state index contributed by atoms with van der Waals surface area (Å²) in [5.41, 5.74) is 3.23. The van der Waals surface area contributed by atoms with Gasteiger partial charge in [-0.3, -0.25) is 9.20 Å².